The van der Waals surface area contributed by atoms with Crippen LogP contribution < -0.4 is 5.32 Å². The predicted molar refractivity (Wildman–Crippen MR) is 78.7 cm³/mol. The Bertz CT molecular complexity index is 526. The predicted octanol–water partition coefficient (Wildman–Crippen LogP) is 0.947. The van der Waals surface area contributed by atoms with E-state index in [1.165, 1.54) is 6.20 Å². The lowest BCUT2D eigenvalue weighted by molar-refractivity contribution is -0.209. The molecule has 7 nitrogen and oxygen atoms in total. The molecule has 22 heavy (non-hydrogen) atoms. The Balaban J connectivity index is 2.86. The second kappa shape index (κ2) is 8.16. The number of hydrogen-bond donors (Lipinski definition) is 4. The lowest BCUT2D eigenvalue weighted by atomic mass is 9.95. The summed E-state index contributed by atoms with van der Waals surface area (Å²) in [6.07, 6.45) is 1.49. The number of anilines is 1. The summed E-state index contributed by atoms with van der Waals surface area (Å²) in [5.74, 6) is -6.63. The zero-order chi connectivity index (χ0) is 16.6. The van der Waals surface area contributed by atoms with Crippen LogP contribution in [0.3, 0.4) is 0 Å². The van der Waals surface area contributed by atoms with Gasteiger partial charge in [0.1, 0.15) is 12.3 Å². The average molecular weight is 309 g/mol. The van der Waals surface area contributed by atoms with Crippen LogP contribution in [-0.2, 0) is 14.3 Å². The first-order valence-electron chi connectivity index (χ1n) is 6.68. The first kappa shape index (κ1) is 17.7. The maximum absolute atomic E-state index is 11.8. The Labute approximate surface area is 127 Å². The summed E-state index contributed by atoms with van der Waals surface area (Å²) in [7, 11) is 0. The van der Waals surface area contributed by atoms with Gasteiger partial charge in [0.25, 0.3) is 0 Å². The fraction of sp³-hybridized carbons (Fsp3) is 0.333. The molecule has 1 atom stereocenters. The van der Waals surface area contributed by atoms with E-state index in [1.807, 2.05) is 6.07 Å². The number of carbonyl (C=O) groups is 2. The zero-order valence-corrected chi connectivity index (χ0v) is 12.1. The molecule has 0 aromatic heterocycles. The highest BCUT2D eigenvalue weighted by Crippen LogP contribution is 2.22. The monoisotopic (exact) mass is 309 g/mol. The minimum atomic E-state index is -2.74. The largest absolute Gasteiger partial charge is 0.481 e. The quantitative estimate of drug-likeness (QED) is 0.417. The molecule has 0 saturated heterocycles. The molecule has 1 rings (SSSR count). The van der Waals surface area contributed by atoms with Crippen LogP contribution in [0.25, 0.3) is 0 Å². The molecular formula is C15H19NO6. The molecular weight excluding hydrogens is 290 g/mol. The van der Waals surface area contributed by atoms with Gasteiger partial charge in [-0.05, 0) is 31.3 Å². The Morgan fingerprint density at radius 2 is 1.95 bits per heavy atom. The minimum absolute atomic E-state index is 0.0401. The van der Waals surface area contributed by atoms with Crippen LogP contribution >= 0.6 is 0 Å². The topological polar surface area (TPSA) is 116 Å². The van der Waals surface area contributed by atoms with Crippen molar-refractivity contribution in [1.82, 2.24) is 0 Å². The molecule has 0 unspecified atom stereocenters. The molecule has 0 aliphatic heterocycles. The maximum atomic E-state index is 11.8. The summed E-state index contributed by atoms with van der Waals surface area (Å²) >= 11 is 0. The summed E-state index contributed by atoms with van der Waals surface area (Å²) in [5.41, 5.74) is 0.723. The van der Waals surface area contributed by atoms with Gasteiger partial charge in [-0.1, -0.05) is 18.2 Å². The molecule has 0 heterocycles. The lowest BCUT2D eigenvalue weighted by Gasteiger charge is -2.26. The number of carbonyl (C=O) groups excluding carboxylic acids is 1. The van der Waals surface area contributed by atoms with Gasteiger partial charge >= 0.3 is 11.9 Å². The first-order chi connectivity index (χ1) is 10.4. The highest BCUT2D eigenvalue weighted by molar-refractivity contribution is 5.77. The van der Waals surface area contributed by atoms with Crippen LogP contribution in [0.5, 0.6) is 0 Å². The number of para-hydroxylation sites is 1. The third kappa shape index (κ3) is 5.55. The fourth-order valence-corrected chi connectivity index (χ4v) is 1.76. The van der Waals surface area contributed by atoms with Crippen molar-refractivity contribution in [1.29, 1.82) is 0 Å². The molecule has 1 aromatic rings. The SMILES string of the molecule is CCOC(=O)[C@@H](/C=C/Nc1ccccc1)C(O)(O)CC(=O)O. The summed E-state index contributed by atoms with van der Waals surface area (Å²) in [5, 5.41) is 31.2. The van der Waals surface area contributed by atoms with E-state index >= 15 is 0 Å². The van der Waals surface area contributed by atoms with Crippen LogP contribution in [-0.4, -0.2) is 39.7 Å². The van der Waals surface area contributed by atoms with Crippen LogP contribution in [0.1, 0.15) is 13.3 Å². The van der Waals surface area contributed by atoms with E-state index in [2.05, 4.69) is 5.32 Å². The highest BCUT2D eigenvalue weighted by Gasteiger charge is 2.41. The van der Waals surface area contributed by atoms with Crippen molar-refractivity contribution in [2.24, 2.45) is 5.92 Å². The van der Waals surface area contributed by atoms with Crippen molar-refractivity contribution >= 4 is 17.6 Å². The zero-order valence-electron chi connectivity index (χ0n) is 12.1. The van der Waals surface area contributed by atoms with Gasteiger partial charge in [0.05, 0.1) is 6.61 Å². The van der Waals surface area contributed by atoms with E-state index in [-0.39, 0.29) is 6.61 Å². The van der Waals surface area contributed by atoms with Gasteiger partial charge in [0.2, 0.25) is 0 Å². The third-order valence-corrected chi connectivity index (χ3v) is 2.76. The van der Waals surface area contributed by atoms with E-state index in [4.69, 9.17) is 9.84 Å². The van der Waals surface area contributed by atoms with E-state index in [0.717, 1.165) is 11.8 Å². The molecule has 0 bridgehead atoms. The van der Waals surface area contributed by atoms with Gasteiger partial charge in [-0.25, -0.2) is 0 Å². The van der Waals surface area contributed by atoms with E-state index in [9.17, 15) is 19.8 Å². The van der Waals surface area contributed by atoms with Gasteiger partial charge in [-0.2, -0.15) is 0 Å². The molecule has 1 aromatic carbocycles. The number of benzene rings is 1. The van der Waals surface area contributed by atoms with Crippen LogP contribution in [0.2, 0.25) is 0 Å². The van der Waals surface area contributed by atoms with Crippen LogP contribution in [0.15, 0.2) is 42.6 Å². The molecule has 7 heteroatoms. The molecule has 0 amide bonds. The molecule has 120 valence electrons. The molecule has 4 N–H and O–H groups in total. The highest BCUT2D eigenvalue weighted by atomic mass is 16.5. The molecule has 0 spiro atoms. The van der Waals surface area contributed by atoms with Crippen LogP contribution in [0.4, 0.5) is 5.69 Å². The summed E-state index contributed by atoms with van der Waals surface area (Å²) in [6.45, 7) is 1.60. The number of ether oxygens (including phenoxy) is 1. The van der Waals surface area contributed by atoms with Crippen molar-refractivity contribution in [3.8, 4) is 0 Å². The normalized spacial score (nSPS) is 12.9. The summed E-state index contributed by atoms with van der Waals surface area (Å²) < 4.78 is 4.74. The number of aliphatic carboxylic acids is 1. The Morgan fingerprint density at radius 1 is 1.32 bits per heavy atom. The van der Waals surface area contributed by atoms with E-state index in [1.54, 1.807) is 31.2 Å². The number of esters is 1. The van der Waals surface area contributed by atoms with Crippen molar-refractivity contribution in [2.45, 2.75) is 19.1 Å². The second-order valence-corrected chi connectivity index (χ2v) is 4.55. The molecule has 0 saturated carbocycles. The molecule has 0 aliphatic rings. The van der Waals surface area contributed by atoms with Gasteiger partial charge in [-0.3, -0.25) is 9.59 Å². The van der Waals surface area contributed by atoms with Gasteiger partial charge < -0.3 is 25.4 Å². The summed E-state index contributed by atoms with van der Waals surface area (Å²) in [6, 6.07) is 8.96. The number of carboxylic acids is 1. The Kier molecular flexibility index (Phi) is 6.55. The van der Waals surface area contributed by atoms with Gasteiger partial charge in [-0.15, -0.1) is 0 Å². The van der Waals surface area contributed by atoms with Crippen LogP contribution in [0, 0.1) is 5.92 Å². The van der Waals surface area contributed by atoms with Crippen molar-refractivity contribution in [3.05, 3.63) is 42.6 Å². The smallest absolute Gasteiger partial charge is 0.318 e. The Hall–Kier alpha value is -2.38. The minimum Gasteiger partial charge on any atom is -0.481 e. The molecule has 0 fully saturated rings. The second-order valence-electron chi connectivity index (χ2n) is 4.55. The summed E-state index contributed by atoms with van der Waals surface area (Å²) in [4.78, 5) is 22.5. The lowest BCUT2D eigenvalue weighted by Crippen LogP contribution is -2.44. The third-order valence-electron chi connectivity index (χ3n) is 2.76. The number of rotatable bonds is 8. The maximum Gasteiger partial charge on any atom is 0.318 e. The number of nitrogens with one attached hydrogen (secondary N) is 1. The van der Waals surface area contributed by atoms with Crippen molar-refractivity contribution in [2.75, 3.05) is 11.9 Å². The van der Waals surface area contributed by atoms with Gasteiger partial charge in [0.15, 0.2) is 5.79 Å². The molecule has 0 aliphatic carbocycles. The Morgan fingerprint density at radius 3 is 2.50 bits per heavy atom. The average Bonchev–Trinajstić information content (AvgIpc) is 2.43. The van der Waals surface area contributed by atoms with Crippen molar-refractivity contribution in [3.63, 3.8) is 0 Å². The fourth-order valence-electron chi connectivity index (χ4n) is 1.76. The van der Waals surface area contributed by atoms with E-state index in [0.29, 0.717) is 0 Å². The number of aliphatic hydroxyl groups is 2. The number of carboxylic acid groups (broad SMARTS) is 1. The standard InChI is InChI=1S/C15H19NO6/c1-2-22-14(19)12(15(20,21)10-13(17)18)8-9-16-11-6-4-3-5-7-11/h3-9,12,16,20-21H,2,10H2,1H3,(H,17,18)/b9-8+/t12-/m1/s1. The van der Waals surface area contributed by atoms with E-state index < -0.39 is 30.1 Å². The first-order valence-corrected chi connectivity index (χ1v) is 6.68. The number of hydrogen-bond acceptors (Lipinski definition) is 6. The van der Waals surface area contributed by atoms with Crippen molar-refractivity contribution < 1.29 is 29.6 Å². The van der Waals surface area contributed by atoms with Gasteiger partial charge in [0, 0.05) is 5.69 Å². The molecule has 0 radical (unpaired) electrons.